The van der Waals surface area contributed by atoms with E-state index in [1.165, 1.54) is 5.69 Å². The summed E-state index contributed by atoms with van der Waals surface area (Å²) >= 11 is 1.65. The van der Waals surface area contributed by atoms with Crippen molar-refractivity contribution in [1.29, 1.82) is 0 Å². The monoisotopic (exact) mass is 438 g/mol. The van der Waals surface area contributed by atoms with Gasteiger partial charge >= 0.3 is 0 Å². The zero-order valence-electron chi connectivity index (χ0n) is 17.8. The highest BCUT2D eigenvalue weighted by Gasteiger charge is 2.37. The molecule has 0 aliphatic carbocycles. The van der Waals surface area contributed by atoms with Gasteiger partial charge in [0, 0.05) is 45.0 Å². The molecule has 31 heavy (non-hydrogen) atoms. The van der Waals surface area contributed by atoms with Gasteiger partial charge < -0.3 is 24.2 Å². The average Bonchev–Trinajstić information content (AvgIpc) is 3.20. The smallest absolute Gasteiger partial charge is 0.229 e. The van der Waals surface area contributed by atoms with Gasteiger partial charge in [-0.1, -0.05) is 11.3 Å². The molecule has 162 valence electrons. The molecule has 0 spiro atoms. The molecule has 2 aliphatic heterocycles. The molecule has 3 aromatic rings. The van der Waals surface area contributed by atoms with Crippen molar-refractivity contribution >= 4 is 38.3 Å². The lowest BCUT2D eigenvalue weighted by molar-refractivity contribution is -0.136. The Balaban J connectivity index is 1.15. The number of nitrogens with zero attached hydrogens (tertiary/aromatic N) is 4. The summed E-state index contributed by atoms with van der Waals surface area (Å²) in [5, 5.41) is 0.983. The van der Waals surface area contributed by atoms with Crippen molar-refractivity contribution < 1.29 is 14.3 Å². The molecule has 2 fully saturated rings. The third kappa shape index (κ3) is 3.87. The summed E-state index contributed by atoms with van der Waals surface area (Å²) in [4.78, 5) is 24.2. The molecule has 0 unspecified atom stereocenters. The summed E-state index contributed by atoms with van der Waals surface area (Å²) in [5.74, 6) is 2.04. The molecule has 1 aromatic heterocycles. The molecule has 2 aromatic carbocycles. The van der Waals surface area contributed by atoms with Crippen molar-refractivity contribution in [2.45, 2.75) is 0 Å². The highest BCUT2D eigenvalue weighted by molar-refractivity contribution is 7.22. The normalized spacial score (nSPS) is 17.0. The second-order valence-electron chi connectivity index (χ2n) is 7.94. The number of carbonyl (C=O) groups is 1. The van der Waals surface area contributed by atoms with Crippen molar-refractivity contribution in [2.24, 2.45) is 5.92 Å². The number of carbonyl (C=O) groups excluding carboxylic acids is 1. The van der Waals surface area contributed by atoms with Crippen LogP contribution in [0.15, 0.2) is 42.5 Å². The number of fused-ring (bicyclic) bond motifs is 1. The Kier molecular flexibility index (Phi) is 5.31. The van der Waals surface area contributed by atoms with E-state index in [-0.39, 0.29) is 11.8 Å². The predicted molar refractivity (Wildman–Crippen MR) is 124 cm³/mol. The molecule has 0 bridgehead atoms. The standard InChI is InChI=1S/C23H26N4O3S/c1-29-18-5-3-17(4-6-18)25-9-11-26(12-10-25)22(28)16-14-27(15-16)23-24-20-8-7-19(30-2)13-21(20)31-23/h3-8,13,16H,9-12,14-15H2,1-2H3. The van der Waals surface area contributed by atoms with Crippen molar-refractivity contribution in [1.82, 2.24) is 9.88 Å². The van der Waals surface area contributed by atoms with Crippen LogP contribution in [0.1, 0.15) is 0 Å². The molecule has 2 saturated heterocycles. The van der Waals surface area contributed by atoms with E-state index in [0.717, 1.165) is 66.1 Å². The molecule has 0 N–H and O–H groups in total. The number of aromatic nitrogens is 1. The Morgan fingerprint density at radius 1 is 0.935 bits per heavy atom. The van der Waals surface area contributed by atoms with E-state index < -0.39 is 0 Å². The van der Waals surface area contributed by atoms with E-state index in [1.807, 2.05) is 35.2 Å². The van der Waals surface area contributed by atoms with E-state index in [1.54, 1.807) is 25.6 Å². The van der Waals surface area contributed by atoms with Gasteiger partial charge in [0.05, 0.1) is 30.4 Å². The summed E-state index contributed by atoms with van der Waals surface area (Å²) in [6.07, 6.45) is 0. The summed E-state index contributed by atoms with van der Waals surface area (Å²) in [6, 6.07) is 14.0. The van der Waals surface area contributed by atoms with Gasteiger partial charge in [0.15, 0.2) is 5.13 Å². The van der Waals surface area contributed by atoms with Crippen LogP contribution in [0.4, 0.5) is 10.8 Å². The number of thiazole rings is 1. The highest BCUT2D eigenvalue weighted by atomic mass is 32.1. The van der Waals surface area contributed by atoms with Crippen LogP contribution in [0.2, 0.25) is 0 Å². The second kappa shape index (κ2) is 8.26. The molecule has 7 nitrogen and oxygen atoms in total. The Morgan fingerprint density at radius 2 is 1.61 bits per heavy atom. The van der Waals surface area contributed by atoms with E-state index in [0.29, 0.717) is 0 Å². The fourth-order valence-electron chi connectivity index (χ4n) is 4.18. The van der Waals surface area contributed by atoms with Crippen LogP contribution < -0.4 is 19.3 Å². The molecule has 0 saturated carbocycles. The number of hydrogen-bond donors (Lipinski definition) is 0. The zero-order chi connectivity index (χ0) is 21.4. The van der Waals surface area contributed by atoms with Crippen LogP contribution in [0.3, 0.4) is 0 Å². The fraction of sp³-hybridized carbons (Fsp3) is 0.391. The van der Waals surface area contributed by atoms with Gasteiger partial charge in [-0.15, -0.1) is 0 Å². The van der Waals surface area contributed by atoms with Crippen molar-refractivity contribution in [2.75, 3.05) is 63.3 Å². The summed E-state index contributed by atoms with van der Waals surface area (Å²) < 4.78 is 11.6. The number of rotatable bonds is 5. The van der Waals surface area contributed by atoms with Gasteiger partial charge in [-0.25, -0.2) is 4.98 Å². The third-order valence-corrected chi connectivity index (χ3v) is 7.19. The Morgan fingerprint density at radius 3 is 2.29 bits per heavy atom. The third-order valence-electron chi connectivity index (χ3n) is 6.11. The van der Waals surface area contributed by atoms with Crippen LogP contribution in [0.25, 0.3) is 10.2 Å². The van der Waals surface area contributed by atoms with E-state index in [4.69, 9.17) is 14.5 Å². The first-order chi connectivity index (χ1) is 15.1. The van der Waals surface area contributed by atoms with Gasteiger partial charge in [0.1, 0.15) is 11.5 Å². The number of methoxy groups -OCH3 is 2. The summed E-state index contributed by atoms with van der Waals surface area (Å²) in [7, 11) is 3.35. The molecule has 2 aliphatic rings. The van der Waals surface area contributed by atoms with Crippen LogP contribution >= 0.6 is 11.3 Å². The topological polar surface area (TPSA) is 58.1 Å². The molecule has 0 radical (unpaired) electrons. The lowest BCUT2D eigenvalue weighted by atomic mass is 9.99. The van der Waals surface area contributed by atoms with Crippen LogP contribution in [-0.4, -0.2) is 69.3 Å². The lowest BCUT2D eigenvalue weighted by Gasteiger charge is -2.43. The van der Waals surface area contributed by atoms with Gasteiger partial charge in [0.25, 0.3) is 0 Å². The maximum Gasteiger partial charge on any atom is 0.229 e. The average molecular weight is 439 g/mol. The zero-order valence-corrected chi connectivity index (χ0v) is 18.6. The SMILES string of the molecule is COc1ccc(N2CCN(C(=O)C3CN(c4nc5ccc(OC)cc5s4)C3)CC2)cc1. The minimum absolute atomic E-state index is 0.0640. The molecule has 8 heteroatoms. The summed E-state index contributed by atoms with van der Waals surface area (Å²) in [5.41, 5.74) is 2.15. The lowest BCUT2D eigenvalue weighted by Crippen LogP contribution is -2.58. The predicted octanol–water partition coefficient (Wildman–Crippen LogP) is 3.10. The maximum atomic E-state index is 13.0. The number of piperazine rings is 1. The molecular weight excluding hydrogens is 412 g/mol. The molecule has 1 amide bonds. The van der Waals surface area contributed by atoms with Crippen molar-refractivity contribution in [3.8, 4) is 11.5 Å². The van der Waals surface area contributed by atoms with Crippen LogP contribution in [0.5, 0.6) is 11.5 Å². The Hall–Kier alpha value is -3.00. The fourth-order valence-corrected chi connectivity index (χ4v) is 5.19. The quantitative estimate of drug-likeness (QED) is 0.610. The molecule has 0 atom stereocenters. The van der Waals surface area contributed by atoms with E-state index >= 15 is 0 Å². The van der Waals surface area contributed by atoms with E-state index in [2.05, 4.69) is 21.9 Å². The minimum atomic E-state index is 0.0640. The number of amides is 1. The van der Waals surface area contributed by atoms with Gasteiger partial charge in [0.2, 0.25) is 5.91 Å². The highest BCUT2D eigenvalue weighted by Crippen LogP contribution is 2.35. The molecule has 3 heterocycles. The van der Waals surface area contributed by atoms with Gasteiger partial charge in [-0.3, -0.25) is 4.79 Å². The number of ether oxygens (including phenoxy) is 2. The van der Waals surface area contributed by atoms with Crippen molar-refractivity contribution in [3.05, 3.63) is 42.5 Å². The number of anilines is 2. The Bertz CT molecular complexity index is 1070. The van der Waals surface area contributed by atoms with Crippen molar-refractivity contribution in [3.63, 3.8) is 0 Å². The molecule has 5 rings (SSSR count). The van der Waals surface area contributed by atoms with E-state index in [9.17, 15) is 4.79 Å². The van der Waals surface area contributed by atoms with Gasteiger partial charge in [-0.05, 0) is 42.5 Å². The number of benzene rings is 2. The van der Waals surface area contributed by atoms with Gasteiger partial charge in [-0.2, -0.15) is 0 Å². The summed E-state index contributed by atoms with van der Waals surface area (Å²) in [6.45, 7) is 4.73. The molecular formula is C23H26N4O3S. The first kappa shape index (κ1) is 19.9. The number of hydrogen-bond acceptors (Lipinski definition) is 7. The largest absolute Gasteiger partial charge is 0.497 e. The second-order valence-corrected chi connectivity index (χ2v) is 8.95. The Labute approximate surface area is 185 Å². The van der Waals surface area contributed by atoms with Crippen LogP contribution in [0, 0.1) is 5.92 Å². The first-order valence-corrected chi connectivity index (χ1v) is 11.3. The maximum absolute atomic E-state index is 13.0. The van der Waals surface area contributed by atoms with Crippen LogP contribution in [-0.2, 0) is 4.79 Å². The first-order valence-electron chi connectivity index (χ1n) is 10.5. The minimum Gasteiger partial charge on any atom is -0.497 e.